The monoisotopic (exact) mass is 738 g/mol. The van der Waals surface area contributed by atoms with Crippen LogP contribution in [0, 0.1) is 0 Å². The molecule has 0 saturated carbocycles. The number of hydrogen-bond acceptors (Lipinski definition) is 11. The van der Waals surface area contributed by atoms with E-state index in [-0.39, 0.29) is 91.6 Å². The van der Waals surface area contributed by atoms with Crippen LogP contribution in [0.3, 0.4) is 0 Å². The Kier molecular flexibility index (Phi) is 15.7. The second-order valence-corrected chi connectivity index (χ2v) is 13.1. The van der Waals surface area contributed by atoms with Gasteiger partial charge in [0.25, 0.3) is 0 Å². The van der Waals surface area contributed by atoms with Gasteiger partial charge in [0.1, 0.15) is 28.1 Å². The summed E-state index contributed by atoms with van der Waals surface area (Å²) in [4.78, 5) is 61.1. The second kappa shape index (κ2) is 19.9. The minimum absolute atomic E-state index is 0.00579. The summed E-state index contributed by atoms with van der Waals surface area (Å²) in [6.07, 6.45) is 4.76. The van der Waals surface area contributed by atoms with Crippen molar-refractivity contribution >= 4 is 45.7 Å². The first-order chi connectivity index (χ1) is 25.2. The molecule has 0 radical (unpaired) electrons. The van der Waals surface area contributed by atoms with Crippen molar-refractivity contribution < 1.29 is 52.8 Å². The first-order valence-electron chi connectivity index (χ1n) is 17.4. The zero-order chi connectivity index (χ0) is 39.2. The van der Waals surface area contributed by atoms with Gasteiger partial charge in [0, 0.05) is 48.6 Å². The Labute approximate surface area is 307 Å². The van der Waals surface area contributed by atoms with E-state index in [0.29, 0.717) is 35.5 Å². The van der Waals surface area contributed by atoms with Gasteiger partial charge >= 0.3 is 11.9 Å². The van der Waals surface area contributed by atoms with E-state index in [1.807, 2.05) is 39.8 Å². The van der Waals surface area contributed by atoms with E-state index >= 15 is 0 Å². The molecule has 288 valence electrons. The number of rotatable bonds is 21. The number of primary amides is 1. The Hall–Kier alpha value is -5.53. The molecule has 1 heterocycles. The molecule has 1 aromatic heterocycles. The average Bonchev–Trinajstić information content (AvgIpc) is 3.08. The topological polar surface area (TPSA) is 214 Å². The Morgan fingerprint density at radius 2 is 1.45 bits per heavy atom. The molecule has 0 aliphatic heterocycles. The fourth-order valence-electron chi connectivity index (χ4n) is 5.62. The van der Waals surface area contributed by atoms with E-state index in [1.165, 1.54) is 20.3 Å². The molecule has 0 spiro atoms. The van der Waals surface area contributed by atoms with Crippen LogP contribution in [0.2, 0.25) is 0 Å². The Morgan fingerprint density at radius 3 is 2.04 bits per heavy atom. The van der Waals surface area contributed by atoms with E-state index in [9.17, 15) is 29.1 Å². The molecule has 0 fully saturated rings. The number of carbonyl (C=O) groups excluding carboxylic acids is 3. The number of allylic oxidation sites excluding steroid dienone is 4. The van der Waals surface area contributed by atoms with Crippen LogP contribution in [0.25, 0.3) is 21.9 Å². The maximum atomic E-state index is 14.3. The van der Waals surface area contributed by atoms with Gasteiger partial charge in [-0.05, 0) is 59.8 Å². The molecule has 1 atom stereocenters. The minimum Gasteiger partial charge on any atom is -0.507 e. The zero-order valence-electron chi connectivity index (χ0n) is 31.2. The molecule has 0 unspecified atom stereocenters. The lowest BCUT2D eigenvalue weighted by Crippen LogP contribution is -2.37. The first-order valence-corrected chi connectivity index (χ1v) is 17.4. The smallest absolute Gasteiger partial charge is 0.307 e. The molecule has 0 aliphatic rings. The maximum absolute atomic E-state index is 14.3. The van der Waals surface area contributed by atoms with Crippen LogP contribution >= 0.6 is 0 Å². The van der Waals surface area contributed by atoms with Gasteiger partial charge in [0.05, 0.1) is 39.2 Å². The molecule has 0 saturated heterocycles. The highest BCUT2D eigenvalue weighted by molar-refractivity contribution is 5.98. The van der Waals surface area contributed by atoms with Crippen molar-refractivity contribution in [2.75, 3.05) is 27.4 Å². The Balaban J connectivity index is 2.03. The number of esters is 1. The third-order valence-corrected chi connectivity index (χ3v) is 8.29. The largest absolute Gasteiger partial charge is 0.507 e. The fourth-order valence-corrected chi connectivity index (χ4v) is 5.62. The second-order valence-electron chi connectivity index (χ2n) is 13.1. The summed E-state index contributed by atoms with van der Waals surface area (Å²) >= 11 is 0. The van der Waals surface area contributed by atoms with Gasteiger partial charge < -0.3 is 44.6 Å². The molecule has 0 bridgehead atoms. The molecule has 3 rings (SSSR count). The number of aromatic hydroxyl groups is 1. The summed E-state index contributed by atoms with van der Waals surface area (Å²) in [7, 11) is 2.68. The lowest BCUT2D eigenvalue weighted by Gasteiger charge is -2.18. The van der Waals surface area contributed by atoms with Gasteiger partial charge in [0.2, 0.25) is 17.2 Å². The van der Waals surface area contributed by atoms with Crippen LogP contribution in [-0.4, -0.2) is 67.4 Å². The number of nitrogens with one attached hydrogen (secondary N) is 1. The van der Waals surface area contributed by atoms with Crippen molar-refractivity contribution in [3.8, 4) is 23.0 Å². The van der Waals surface area contributed by atoms with Crippen molar-refractivity contribution in [3.63, 3.8) is 0 Å². The molecule has 53 heavy (non-hydrogen) atoms. The number of fused-ring (bicyclic) bond motifs is 2. The third kappa shape index (κ3) is 12.0. The standard InChI is InChI=1S/C39H50N2O12/c1-22(2)11-14-25-27(51-18-8-10-32(43)41-24(13-16-33(44)45)19-34(46)49-5)20-29-36(37(25)47)38(48)35-26(15-12-23(3)4)39(50-6)30(21-28(35)53-29)52-17-7-9-31(40)42/h11-12,20-21,24,47H,7-10,13-19H2,1-6H3,(H2,40,42)(H,41,43)(H,44,45)/t24-/m1/s1. The fraction of sp³-hybridized carbons (Fsp3) is 0.462. The van der Waals surface area contributed by atoms with E-state index in [0.717, 1.165) is 11.1 Å². The summed E-state index contributed by atoms with van der Waals surface area (Å²) in [5.74, 6) is -1.90. The van der Waals surface area contributed by atoms with Crippen molar-refractivity contribution in [1.29, 1.82) is 0 Å². The van der Waals surface area contributed by atoms with Crippen molar-refractivity contribution in [2.24, 2.45) is 5.73 Å². The molecule has 5 N–H and O–H groups in total. The number of ether oxygens (including phenoxy) is 4. The lowest BCUT2D eigenvalue weighted by molar-refractivity contribution is -0.142. The summed E-state index contributed by atoms with van der Waals surface area (Å²) in [6, 6.07) is 2.37. The highest BCUT2D eigenvalue weighted by Crippen LogP contribution is 2.41. The number of methoxy groups -OCH3 is 2. The summed E-state index contributed by atoms with van der Waals surface area (Å²) in [6.45, 7) is 7.86. The van der Waals surface area contributed by atoms with Gasteiger partial charge in [-0.3, -0.25) is 24.0 Å². The quantitative estimate of drug-likeness (QED) is 0.0468. The Morgan fingerprint density at radius 1 is 0.868 bits per heavy atom. The third-order valence-electron chi connectivity index (χ3n) is 8.29. The molecule has 14 nitrogen and oxygen atoms in total. The molecule has 3 aromatic rings. The van der Waals surface area contributed by atoms with E-state index < -0.39 is 35.2 Å². The molecular weight excluding hydrogens is 688 g/mol. The van der Waals surface area contributed by atoms with Crippen molar-refractivity contribution in [2.45, 2.75) is 91.5 Å². The number of carbonyl (C=O) groups is 4. The SMILES string of the molecule is COC(=O)C[C@@H](CCC(=O)O)NC(=O)CCCOc1cc2oc3cc(OCCCC(N)=O)c(OC)c(CC=C(C)C)c3c(=O)c2c(O)c1CC=C(C)C. The minimum atomic E-state index is -1.05. The molecule has 0 aliphatic carbocycles. The van der Waals surface area contributed by atoms with E-state index in [2.05, 4.69) is 10.1 Å². The number of phenolic OH excluding ortho intramolecular Hbond substituents is 1. The van der Waals surface area contributed by atoms with Gasteiger partial charge in [-0.25, -0.2) is 0 Å². The van der Waals surface area contributed by atoms with E-state index in [1.54, 1.807) is 6.07 Å². The summed E-state index contributed by atoms with van der Waals surface area (Å²) in [5.41, 5.74) is 7.90. The summed E-state index contributed by atoms with van der Waals surface area (Å²) < 4.78 is 28.8. The number of carboxylic acids is 1. The number of hydrogen-bond donors (Lipinski definition) is 4. The van der Waals surface area contributed by atoms with Crippen LogP contribution in [0.5, 0.6) is 23.0 Å². The highest BCUT2D eigenvalue weighted by atomic mass is 16.5. The van der Waals surface area contributed by atoms with Crippen LogP contribution in [-0.2, 0) is 36.8 Å². The van der Waals surface area contributed by atoms with Crippen molar-refractivity contribution in [1.82, 2.24) is 5.32 Å². The van der Waals surface area contributed by atoms with Gasteiger partial charge in [-0.2, -0.15) is 0 Å². The Bertz CT molecular complexity index is 1930. The van der Waals surface area contributed by atoms with Gasteiger partial charge in [-0.15, -0.1) is 0 Å². The van der Waals surface area contributed by atoms with Gasteiger partial charge in [-0.1, -0.05) is 23.3 Å². The average molecular weight is 739 g/mol. The predicted molar refractivity (Wildman–Crippen MR) is 199 cm³/mol. The number of benzene rings is 2. The number of aliphatic carboxylic acids is 1. The number of carboxylic acid groups (broad SMARTS) is 1. The molecular formula is C39H50N2O12. The highest BCUT2D eigenvalue weighted by Gasteiger charge is 2.25. The molecule has 14 heteroatoms. The van der Waals surface area contributed by atoms with Crippen LogP contribution < -0.4 is 30.7 Å². The van der Waals surface area contributed by atoms with Crippen LogP contribution in [0.15, 0.2) is 44.6 Å². The zero-order valence-corrected chi connectivity index (χ0v) is 31.2. The van der Waals surface area contributed by atoms with Crippen molar-refractivity contribution in [3.05, 3.63) is 56.8 Å². The predicted octanol–water partition coefficient (Wildman–Crippen LogP) is 5.39. The first kappa shape index (κ1) is 41.9. The van der Waals surface area contributed by atoms with Crippen LogP contribution in [0.4, 0.5) is 0 Å². The van der Waals surface area contributed by atoms with Gasteiger partial charge in [0.15, 0.2) is 11.5 Å². The number of nitrogens with two attached hydrogens (primary N) is 1. The number of phenols is 1. The number of amides is 2. The summed E-state index contributed by atoms with van der Waals surface area (Å²) in [5, 5.41) is 23.6. The van der Waals surface area contributed by atoms with Crippen LogP contribution in [0.1, 0.15) is 83.8 Å². The lowest BCUT2D eigenvalue weighted by atomic mass is 9.98. The molecule has 2 amide bonds. The molecule has 2 aromatic carbocycles. The van der Waals surface area contributed by atoms with E-state index in [4.69, 9.17) is 29.5 Å². The normalized spacial score (nSPS) is 11.4. The maximum Gasteiger partial charge on any atom is 0.307 e.